The number of aromatic amines is 1. The van der Waals surface area contributed by atoms with Crippen LogP contribution in [0.2, 0.25) is 5.02 Å². The van der Waals surface area contributed by atoms with Crippen LogP contribution in [0.5, 0.6) is 0 Å². The van der Waals surface area contributed by atoms with Gasteiger partial charge in [0.2, 0.25) is 0 Å². The minimum atomic E-state index is -0.642. The highest BCUT2D eigenvalue weighted by Crippen LogP contribution is 2.24. The van der Waals surface area contributed by atoms with Crippen LogP contribution >= 0.6 is 11.6 Å². The minimum Gasteiger partial charge on any atom is -0.267 e. The maximum atomic E-state index is 12.3. The van der Waals surface area contributed by atoms with E-state index in [9.17, 15) is 19.7 Å². The van der Waals surface area contributed by atoms with Gasteiger partial charge in [0.05, 0.1) is 16.5 Å². The molecule has 0 aliphatic carbocycles. The summed E-state index contributed by atoms with van der Waals surface area (Å²) in [6.45, 7) is 0. The van der Waals surface area contributed by atoms with Crippen LogP contribution in [0, 0.1) is 10.1 Å². The van der Waals surface area contributed by atoms with Gasteiger partial charge < -0.3 is 0 Å². The lowest BCUT2D eigenvalue weighted by atomic mass is 10.1. The summed E-state index contributed by atoms with van der Waals surface area (Å²) < 4.78 is 0. The largest absolute Gasteiger partial charge is 0.292 e. The Kier molecular flexibility index (Phi) is 4.72. The van der Waals surface area contributed by atoms with E-state index in [0.29, 0.717) is 16.3 Å². The molecule has 1 heterocycles. The van der Waals surface area contributed by atoms with Crippen molar-refractivity contribution in [1.82, 2.24) is 15.6 Å². The quantitative estimate of drug-likeness (QED) is 0.412. The van der Waals surface area contributed by atoms with E-state index in [-0.39, 0.29) is 16.4 Å². The average molecular weight is 372 g/mol. The van der Waals surface area contributed by atoms with Crippen molar-refractivity contribution in [2.45, 2.75) is 0 Å². The molecule has 26 heavy (non-hydrogen) atoms. The second-order valence-electron chi connectivity index (χ2n) is 5.11. The Labute approximate surface area is 150 Å². The maximum Gasteiger partial charge on any atom is 0.292 e. The number of hydrogen-bond acceptors (Lipinski definition) is 6. The third-order valence-corrected chi connectivity index (χ3v) is 3.78. The van der Waals surface area contributed by atoms with Crippen molar-refractivity contribution in [3.05, 3.63) is 79.2 Å². The molecule has 1 aromatic heterocycles. The summed E-state index contributed by atoms with van der Waals surface area (Å²) >= 11 is 5.73. The summed E-state index contributed by atoms with van der Waals surface area (Å²) in [4.78, 5) is 34.2. The zero-order valence-corrected chi connectivity index (χ0v) is 13.7. The Hall–Kier alpha value is -3.59. The molecule has 0 unspecified atom stereocenters. The lowest BCUT2D eigenvalue weighted by Crippen LogP contribution is -2.22. The van der Waals surface area contributed by atoms with Crippen molar-refractivity contribution >= 4 is 40.2 Å². The molecule has 2 N–H and O–H groups in total. The fraction of sp³-hybridized carbons (Fsp3) is 0. The SMILES string of the molecule is O=C(N/N=C\c1ccc(Cl)c([N+](=O)[O-])c1)c1n[nH]c(=O)c2ccccc12. The predicted octanol–water partition coefficient (Wildman–Crippen LogP) is 2.25. The Balaban J connectivity index is 1.83. The number of H-pyrrole nitrogens is 1. The van der Waals surface area contributed by atoms with Crippen molar-refractivity contribution in [1.29, 1.82) is 0 Å². The Morgan fingerprint density at radius 2 is 2.00 bits per heavy atom. The number of nitro benzene ring substituents is 1. The smallest absolute Gasteiger partial charge is 0.267 e. The number of carbonyl (C=O) groups is 1. The number of halogens is 1. The average Bonchev–Trinajstić information content (AvgIpc) is 2.63. The Morgan fingerprint density at radius 3 is 2.73 bits per heavy atom. The highest BCUT2D eigenvalue weighted by molar-refractivity contribution is 6.32. The van der Waals surface area contributed by atoms with E-state index in [1.165, 1.54) is 24.4 Å². The number of nitrogens with one attached hydrogen (secondary N) is 2. The van der Waals surface area contributed by atoms with Gasteiger partial charge in [-0.25, -0.2) is 10.5 Å². The van der Waals surface area contributed by atoms with Crippen LogP contribution in [0.15, 0.2) is 52.4 Å². The summed E-state index contributed by atoms with van der Waals surface area (Å²) in [7, 11) is 0. The van der Waals surface area contributed by atoms with Gasteiger partial charge >= 0.3 is 0 Å². The second-order valence-corrected chi connectivity index (χ2v) is 5.52. The zero-order valence-electron chi connectivity index (χ0n) is 13.0. The lowest BCUT2D eigenvalue weighted by Gasteiger charge is -2.03. The molecular formula is C16H10ClN5O4. The van der Waals surface area contributed by atoms with Gasteiger partial charge in [-0.05, 0) is 12.1 Å². The molecular weight excluding hydrogens is 362 g/mol. The van der Waals surface area contributed by atoms with Crippen LogP contribution in [0.25, 0.3) is 10.8 Å². The van der Waals surface area contributed by atoms with Gasteiger partial charge in [-0.15, -0.1) is 0 Å². The summed E-state index contributed by atoms with van der Waals surface area (Å²) in [5, 5.41) is 21.3. The molecule has 0 aliphatic rings. The van der Waals surface area contributed by atoms with Crippen LogP contribution < -0.4 is 11.0 Å². The fourth-order valence-electron chi connectivity index (χ4n) is 2.26. The van der Waals surface area contributed by atoms with Crippen molar-refractivity contribution in [2.24, 2.45) is 5.10 Å². The summed E-state index contributed by atoms with van der Waals surface area (Å²) in [6.07, 6.45) is 1.23. The molecule has 2 aromatic carbocycles. The van der Waals surface area contributed by atoms with Gasteiger partial charge in [0.1, 0.15) is 5.02 Å². The summed E-state index contributed by atoms with van der Waals surface area (Å²) in [6, 6.07) is 10.6. The number of amides is 1. The number of rotatable bonds is 4. The normalized spacial score (nSPS) is 11.0. The van der Waals surface area contributed by atoms with Crippen molar-refractivity contribution in [2.75, 3.05) is 0 Å². The second kappa shape index (κ2) is 7.11. The highest BCUT2D eigenvalue weighted by atomic mass is 35.5. The molecule has 0 radical (unpaired) electrons. The van der Waals surface area contributed by atoms with Crippen LogP contribution in [0.3, 0.4) is 0 Å². The van der Waals surface area contributed by atoms with Crippen LogP contribution in [0.4, 0.5) is 5.69 Å². The van der Waals surface area contributed by atoms with Crippen LogP contribution in [-0.4, -0.2) is 27.2 Å². The predicted molar refractivity (Wildman–Crippen MR) is 95.5 cm³/mol. The fourth-order valence-corrected chi connectivity index (χ4v) is 2.44. The topological polar surface area (TPSA) is 130 Å². The van der Waals surface area contributed by atoms with Gasteiger partial charge in [-0.1, -0.05) is 35.9 Å². The minimum absolute atomic E-state index is 0.0000882. The van der Waals surface area contributed by atoms with E-state index in [0.717, 1.165) is 0 Å². The molecule has 0 saturated heterocycles. The van der Waals surface area contributed by atoms with E-state index < -0.39 is 16.4 Å². The van der Waals surface area contributed by atoms with Gasteiger partial charge in [-0.3, -0.25) is 19.7 Å². The molecule has 0 atom stereocenters. The number of carbonyl (C=O) groups excluding carboxylic acids is 1. The number of benzene rings is 2. The highest BCUT2D eigenvalue weighted by Gasteiger charge is 2.14. The van der Waals surface area contributed by atoms with Gasteiger partial charge in [0.15, 0.2) is 5.69 Å². The molecule has 3 aromatic rings. The molecule has 3 rings (SSSR count). The molecule has 130 valence electrons. The standard InChI is InChI=1S/C16H10ClN5O4/c17-12-6-5-9(7-13(12)22(25)26)8-18-20-16(24)14-10-3-1-2-4-11(10)15(23)21-19-14/h1-8H,(H,20,24)(H,21,23)/b18-8-. The number of hydrazone groups is 1. The molecule has 9 nitrogen and oxygen atoms in total. The van der Waals surface area contributed by atoms with E-state index in [1.54, 1.807) is 24.3 Å². The number of hydrogen-bond donors (Lipinski definition) is 2. The molecule has 0 saturated carbocycles. The molecule has 1 amide bonds. The molecule has 0 spiro atoms. The van der Waals surface area contributed by atoms with Crippen molar-refractivity contribution in [3.63, 3.8) is 0 Å². The first-order valence-corrected chi connectivity index (χ1v) is 7.60. The maximum absolute atomic E-state index is 12.3. The summed E-state index contributed by atoms with van der Waals surface area (Å²) in [5.74, 6) is -0.642. The Bertz CT molecular complexity index is 1110. The van der Waals surface area contributed by atoms with E-state index in [1.807, 2.05) is 0 Å². The van der Waals surface area contributed by atoms with E-state index >= 15 is 0 Å². The molecule has 0 fully saturated rings. The zero-order chi connectivity index (χ0) is 18.7. The monoisotopic (exact) mass is 371 g/mol. The first-order valence-electron chi connectivity index (χ1n) is 7.22. The molecule has 0 bridgehead atoms. The first kappa shape index (κ1) is 17.2. The number of aromatic nitrogens is 2. The number of nitro groups is 1. The van der Waals surface area contributed by atoms with Gasteiger partial charge in [-0.2, -0.15) is 10.2 Å². The van der Waals surface area contributed by atoms with Crippen molar-refractivity contribution < 1.29 is 9.72 Å². The van der Waals surface area contributed by atoms with Crippen LogP contribution in [0.1, 0.15) is 16.1 Å². The lowest BCUT2D eigenvalue weighted by molar-refractivity contribution is -0.384. The van der Waals surface area contributed by atoms with Gasteiger partial charge in [0.25, 0.3) is 17.2 Å². The van der Waals surface area contributed by atoms with Crippen molar-refractivity contribution in [3.8, 4) is 0 Å². The third-order valence-electron chi connectivity index (χ3n) is 3.46. The Morgan fingerprint density at radius 1 is 1.27 bits per heavy atom. The molecule has 0 aliphatic heterocycles. The van der Waals surface area contributed by atoms with Gasteiger partial charge in [0, 0.05) is 17.0 Å². The number of fused-ring (bicyclic) bond motifs is 1. The van der Waals surface area contributed by atoms with Crippen LogP contribution in [-0.2, 0) is 0 Å². The third kappa shape index (κ3) is 3.42. The molecule has 10 heteroatoms. The summed E-state index contributed by atoms with van der Waals surface area (Å²) in [5.41, 5.74) is 1.96. The first-order chi connectivity index (χ1) is 12.5. The van der Waals surface area contributed by atoms with E-state index in [2.05, 4.69) is 20.7 Å². The number of nitrogens with zero attached hydrogens (tertiary/aromatic N) is 3. The van der Waals surface area contributed by atoms with E-state index in [4.69, 9.17) is 11.6 Å².